The fourth-order valence-electron chi connectivity index (χ4n) is 1.31. The van der Waals surface area contributed by atoms with Crippen molar-refractivity contribution in [2.75, 3.05) is 6.26 Å². The second kappa shape index (κ2) is 5.70. The predicted molar refractivity (Wildman–Crippen MR) is 64.5 cm³/mol. The maximum absolute atomic E-state index is 12.7. The zero-order valence-corrected chi connectivity index (χ0v) is 11.4. The van der Waals surface area contributed by atoms with E-state index in [2.05, 4.69) is 0 Å². The van der Waals surface area contributed by atoms with Crippen LogP contribution in [-0.2, 0) is 21.0 Å². The normalized spacial score (nSPS) is 13.7. The molecule has 1 aromatic rings. The highest BCUT2D eigenvalue weighted by Gasteiger charge is 2.34. The summed E-state index contributed by atoms with van der Waals surface area (Å²) in [5, 5.41) is 0. The molecule has 1 rings (SSSR count). The summed E-state index contributed by atoms with van der Waals surface area (Å²) in [6.07, 6.45) is -5.28. The molecule has 0 radical (unpaired) electrons. The van der Waals surface area contributed by atoms with Gasteiger partial charge in [0.1, 0.15) is 5.75 Å². The fourth-order valence-corrected chi connectivity index (χ4v) is 1.84. The van der Waals surface area contributed by atoms with E-state index >= 15 is 0 Å². The highest BCUT2D eigenvalue weighted by Crippen LogP contribution is 2.36. The van der Waals surface area contributed by atoms with E-state index in [4.69, 9.17) is 4.74 Å². The lowest BCUT2D eigenvalue weighted by Crippen LogP contribution is -2.39. The first-order valence-electron chi connectivity index (χ1n) is 5.35. The Labute approximate surface area is 113 Å². The van der Waals surface area contributed by atoms with Crippen LogP contribution in [0.25, 0.3) is 0 Å². The lowest BCUT2D eigenvalue weighted by Gasteiger charge is -2.17. The number of halogens is 3. The molecule has 0 heterocycles. The van der Waals surface area contributed by atoms with Crippen molar-refractivity contribution in [2.24, 2.45) is 0 Å². The van der Waals surface area contributed by atoms with Crippen LogP contribution in [0.5, 0.6) is 5.75 Å². The van der Waals surface area contributed by atoms with Gasteiger partial charge in [0, 0.05) is 0 Å². The summed E-state index contributed by atoms with van der Waals surface area (Å²) in [4.78, 5) is 11.4. The number of sulfonamides is 1. The van der Waals surface area contributed by atoms with Gasteiger partial charge in [-0.15, -0.1) is 0 Å². The molecule has 1 amide bonds. The summed E-state index contributed by atoms with van der Waals surface area (Å²) < 4.78 is 66.3. The number of carbonyl (C=O) groups is 1. The Morgan fingerprint density at radius 2 is 1.85 bits per heavy atom. The number of carbonyl (C=O) groups excluding carboxylic acids is 1. The Bertz CT molecular complexity index is 598. The van der Waals surface area contributed by atoms with E-state index in [1.165, 1.54) is 12.1 Å². The quantitative estimate of drug-likeness (QED) is 0.915. The van der Waals surface area contributed by atoms with Gasteiger partial charge in [-0.25, -0.2) is 8.42 Å². The van der Waals surface area contributed by atoms with Crippen molar-refractivity contribution in [3.63, 3.8) is 0 Å². The van der Waals surface area contributed by atoms with Crippen LogP contribution in [0.15, 0.2) is 24.3 Å². The summed E-state index contributed by atoms with van der Waals surface area (Å²) in [5.74, 6) is -1.60. The molecule has 0 aliphatic heterocycles. The zero-order valence-electron chi connectivity index (χ0n) is 10.6. The van der Waals surface area contributed by atoms with E-state index in [0.29, 0.717) is 0 Å². The average Bonchev–Trinajstić information content (AvgIpc) is 2.25. The van der Waals surface area contributed by atoms with Gasteiger partial charge in [-0.1, -0.05) is 12.1 Å². The fraction of sp³-hybridized carbons (Fsp3) is 0.364. The maximum atomic E-state index is 12.7. The third-order valence-electron chi connectivity index (χ3n) is 2.15. The Kier molecular flexibility index (Phi) is 4.64. The number of hydrogen-bond acceptors (Lipinski definition) is 4. The summed E-state index contributed by atoms with van der Waals surface area (Å²) in [6, 6.07) is 4.34. The van der Waals surface area contributed by atoms with Crippen LogP contribution in [0.4, 0.5) is 13.2 Å². The van der Waals surface area contributed by atoms with Crippen molar-refractivity contribution in [3.8, 4) is 5.75 Å². The monoisotopic (exact) mass is 311 g/mol. The second-order valence-corrected chi connectivity index (χ2v) is 5.74. The van der Waals surface area contributed by atoms with Gasteiger partial charge < -0.3 is 4.74 Å². The molecule has 1 N–H and O–H groups in total. The molecule has 0 aliphatic rings. The summed E-state index contributed by atoms with van der Waals surface area (Å²) in [6.45, 7) is 1.15. The molecule has 0 aliphatic carbocycles. The highest BCUT2D eigenvalue weighted by atomic mass is 32.2. The first-order valence-corrected chi connectivity index (χ1v) is 7.24. The third-order valence-corrected chi connectivity index (χ3v) is 2.72. The molecule has 9 heteroatoms. The number of benzene rings is 1. The van der Waals surface area contributed by atoms with E-state index in [1.54, 1.807) is 4.72 Å². The standard InChI is InChI=1S/C11H12F3NO4S/c1-7(10(16)15-20(2,17)18)19-9-6-4-3-5-8(9)11(12,13)14/h3-7H,1-2H3,(H,15,16)/t7-/m0/s1. The van der Waals surface area contributed by atoms with Crippen LogP contribution in [0.2, 0.25) is 0 Å². The van der Waals surface area contributed by atoms with Crippen LogP contribution in [0.1, 0.15) is 12.5 Å². The van der Waals surface area contributed by atoms with E-state index in [0.717, 1.165) is 25.3 Å². The van der Waals surface area contributed by atoms with Gasteiger partial charge in [0.25, 0.3) is 5.91 Å². The minimum absolute atomic E-state index is 0.545. The molecule has 0 saturated carbocycles. The number of alkyl halides is 3. The van der Waals surface area contributed by atoms with Crippen LogP contribution in [-0.4, -0.2) is 26.7 Å². The van der Waals surface area contributed by atoms with Crippen molar-refractivity contribution < 1.29 is 31.1 Å². The molecule has 112 valence electrons. The first kappa shape index (κ1) is 16.3. The van der Waals surface area contributed by atoms with E-state index in [-0.39, 0.29) is 0 Å². The molecule has 20 heavy (non-hydrogen) atoms. The molecule has 0 fully saturated rings. The van der Waals surface area contributed by atoms with E-state index < -0.39 is 39.5 Å². The van der Waals surface area contributed by atoms with Gasteiger partial charge in [0.05, 0.1) is 11.8 Å². The van der Waals surface area contributed by atoms with Crippen LogP contribution in [0.3, 0.4) is 0 Å². The Hall–Kier alpha value is -1.77. The molecule has 0 unspecified atom stereocenters. The number of para-hydroxylation sites is 1. The predicted octanol–water partition coefficient (Wildman–Crippen LogP) is 1.55. The van der Waals surface area contributed by atoms with Gasteiger partial charge in [-0.05, 0) is 19.1 Å². The minimum atomic E-state index is -4.64. The average molecular weight is 311 g/mol. The number of amides is 1. The number of hydrogen-bond donors (Lipinski definition) is 1. The summed E-state index contributed by atoms with van der Waals surface area (Å²) >= 11 is 0. The highest BCUT2D eigenvalue weighted by molar-refractivity contribution is 7.89. The maximum Gasteiger partial charge on any atom is 0.419 e. The molecular formula is C11H12F3NO4S. The van der Waals surface area contributed by atoms with Crippen LogP contribution >= 0.6 is 0 Å². The molecule has 5 nitrogen and oxygen atoms in total. The van der Waals surface area contributed by atoms with Crippen molar-refractivity contribution in [2.45, 2.75) is 19.2 Å². The molecule has 0 bridgehead atoms. The van der Waals surface area contributed by atoms with Crippen molar-refractivity contribution in [3.05, 3.63) is 29.8 Å². The first-order chi connectivity index (χ1) is 9.00. The Morgan fingerprint density at radius 3 is 2.35 bits per heavy atom. The smallest absolute Gasteiger partial charge is 0.419 e. The van der Waals surface area contributed by atoms with Crippen LogP contribution in [0, 0.1) is 0 Å². The Balaban J connectivity index is 2.92. The minimum Gasteiger partial charge on any atom is -0.480 e. The van der Waals surface area contributed by atoms with Gasteiger partial charge in [0.2, 0.25) is 10.0 Å². The van der Waals surface area contributed by atoms with Crippen LogP contribution < -0.4 is 9.46 Å². The molecule has 0 aromatic heterocycles. The van der Waals surface area contributed by atoms with E-state index in [1.807, 2.05) is 0 Å². The van der Waals surface area contributed by atoms with Gasteiger partial charge in [-0.3, -0.25) is 9.52 Å². The lowest BCUT2D eigenvalue weighted by molar-refractivity contribution is -0.140. The van der Waals surface area contributed by atoms with Crippen molar-refractivity contribution >= 4 is 15.9 Å². The number of rotatable bonds is 4. The zero-order chi connectivity index (χ0) is 15.6. The number of ether oxygens (including phenoxy) is 1. The molecular weight excluding hydrogens is 299 g/mol. The second-order valence-electron chi connectivity index (χ2n) is 3.99. The van der Waals surface area contributed by atoms with Crippen molar-refractivity contribution in [1.29, 1.82) is 0 Å². The molecule has 1 aromatic carbocycles. The van der Waals surface area contributed by atoms with Crippen molar-refractivity contribution in [1.82, 2.24) is 4.72 Å². The van der Waals surface area contributed by atoms with Gasteiger partial charge in [-0.2, -0.15) is 13.2 Å². The molecule has 0 saturated heterocycles. The summed E-state index contributed by atoms with van der Waals surface area (Å²) in [5.41, 5.74) is -1.04. The number of nitrogens with one attached hydrogen (secondary N) is 1. The van der Waals surface area contributed by atoms with E-state index in [9.17, 15) is 26.4 Å². The largest absolute Gasteiger partial charge is 0.480 e. The summed E-state index contributed by atoms with van der Waals surface area (Å²) in [7, 11) is -3.80. The Morgan fingerprint density at radius 1 is 1.30 bits per heavy atom. The topological polar surface area (TPSA) is 72.5 Å². The SMILES string of the molecule is C[C@H](Oc1ccccc1C(F)(F)F)C(=O)NS(C)(=O)=O. The van der Waals surface area contributed by atoms with Gasteiger partial charge >= 0.3 is 6.18 Å². The lowest BCUT2D eigenvalue weighted by atomic mass is 10.2. The molecule has 0 spiro atoms. The third kappa shape index (κ3) is 4.72. The molecule has 1 atom stereocenters. The van der Waals surface area contributed by atoms with Gasteiger partial charge in [0.15, 0.2) is 6.10 Å².